The molecule has 0 bridgehead atoms. The maximum absolute atomic E-state index is 7.42. The fraction of sp³-hybridized carbons (Fsp3) is 0.917. The molecule has 2 unspecified atom stereocenters. The summed E-state index contributed by atoms with van der Waals surface area (Å²) in [6, 6.07) is 0.596. The molecular formula is C12H27N3. The number of hydrogen-bond acceptors (Lipinski definition) is 2. The lowest BCUT2D eigenvalue weighted by atomic mass is 10.1. The standard InChI is InChI=1S/C12H27N3/c1-5-7-8-15(11(4)6-2)9-10(3)12(13)14/h10-11H,5-9H2,1-4H3,(H3,13,14). The molecule has 0 heterocycles. The van der Waals surface area contributed by atoms with E-state index in [9.17, 15) is 0 Å². The van der Waals surface area contributed by atoms with Gasteiger partial charge in [-0.25, -0.2) is 0 Å². The highest BCUT2D eigenvalue weighted by Crippen LogP contribution is 2.09. The van der Waals surface area contributed by atoms with Crippen LogP contribution in [0.25, 0.3) is 0 Å². The molecule has 2 atom stereocenters. The summed E-state index contributed by atoms with van der Waals surface area (Å²) in [7, 11) is 0. The van der Waals surface area contributed by atoms with Crippen molar-refractivity contribution >= 4 is 5.84 Å². The number of hydrogen-bond donors (Lipinski definition) is 2. The molecule has 0 rings (SSSR count). The van der Waals surface area contributed by atoms with Gasteiger partial charge >= 0.3 is 0 Å². The van der Waals surface area contributed by atoms with Crippen molar-refractivity contribution in [3.8, 4) is 0 Å². The number of nitrogens with two attached hydrogens (primary N) is 1. The van der Waals surface area contributed by atoms with Gasteiger partial charge in [0.25, 0.3) is 0 Å². The van der Waals surface area contributed by atoms with E-state index in [1.54, 1.807) is 0 Å². The summed E-state index contributed by atoms with van der Waals surface area (Å²) in [5.74, 6) is 0.482. The Labute approximate surface area is 94.5 Å². The average Bonchev–Trinajstić information content (AvgIpc) is 2.22. The molecule has 3 N–H and O–H groups in total. The molecular weight excluding hydrogens is 186 g/mol. The maximum atomic E-state index is 7.42. The molecule has 0 aromatic rings. The Balaban J connectivity index is 4.16. The number of nitrogens with zero attached hydrogens (tertiary/aromatic N) is 1. The first-order valence-corrected chi connectivity index (χ1v) is 6.10. The Kier molecular flexibility index (Phi) is 7.39. The van der Waals surface area contributed by atoms with Gasteiger partial charge in [0.05, 0.1) is 5.84 Å². The highest BCUT2D eigenvalue weighted by Gasteiger charge is 2.16. The molecule has 0 aromatic carbocycles. The lowest BCUT2D eigenvalue weighted by Crippen LogP contribution is -2.40. The van der Waals surface area contributed by atoms with E-state index in [0.717, 1.165) is 19.5 Å². The van der Waals surface area contributed by atoms with Crippen molar-refractivity contribution in [1.82, 2.24) is 4.90 Å². The lowest BCUT2D eigenvalue weighted by molar-refractivity contribution is 0.189. The predicted octanol–water partition coefficient (Wildman–Crippen LogP) is 2.46. The van der Waals surface area contributed by atoms with Crippen LogP contribution >= 0.6 is 0 Å². The highest BCUT2D eigenvalue weighted by atomic mass is 15.1. The molecule has 0 aromatic heterocycles. The molecule has 0 amide bonds. The van der Waals surface area contributed by atoms with E-state index in [2.05, 4.69) is 25.7 Å². The Morgan fingerprint density at radius 1 is 1.33 bits per heavy atom. The van der Waals surface area contributed by atoms with Gasteiger partial charge in [-0.2, -0.15) is 0 Å². The topological polar surface area (TPSA) is 53.1 Å². The van der Waals surface area contributed by atoms with E-state index in [4.69, 9.17) is 11.1 Å². The van der Waals surface area contributed by atoms with Crippen molar-refractivity contribution in [2.45, 2.75) is 53.0 Å². The molecule has 15 heavy (non-hydrogen) atoms. The molecule has 0 saturated carbocycles. The van der Waals surface area contributed by atoms with Crippen molar-refractivity contribution < 1.29 is 0 Å². The summed E-state index contributed by atoms with van der Waals surface area (Å²) < 4.78 is 0. The number of unbranched alkanes of at least 4 members (excludes halogenated alkanes) is 1. The van der Waals surface area contributed by atoms with Gasteiger partial charge < -0.3 is 5.73 Å². The summed E-state index contributed by atoms with van der Waals surface area (Å²) in [6.07, 6.45) is 3.62. The van der Waals surface area contributed by atoms with E-state index in [1.165, 1.54) is 12.8 Å². The molecule has 0 radical (unpaired) electrons. The second-order valence-electron chi connectivity index (χ2n) is 4.46. The van der Waals surface area contributed by atoms with Crippen molar-refractivity contribution in [3.05, 3.63) is 0 Å². The second kappa shape index (κ2) is 7.69. The van der Waals surface area contributed by atoms with Crippen molar-refractivity contribution in [2.24, 2.45) is 11.7 Å². The number of nitrogens with one attached hydrogen (secondary N) is 1. The summed E-state index contributed by atoms with van der Waals surface area (Å²) >= 11 is 0. The van der Waals surface area contributed by atoms with E-state index in [0.29, 0.717) is 11.9 Å². The van der Waals surface area contributed by atoms with Crippen LogP contribution in [0.5, 0.6) is 0 Å². The first-order chi connectivity index (χ1) is 7.02. The molecule has 0 fully saturated rings. The first-order valence-electron chi connectivity index (χ1n) is 6.10. The van der Waals surface area contributed by atoms with Crippen LogP contribution in [-0.2, 0) is 0 Å². The Morgan fingerprint density at radius 2 is 1.93 bits per heavy atom. The summed E-state index contributed by atoms with van der Waals surface area (Å²) in [5, 5.41) is 7.42. The predicted molar refractivity (Wildman–Crippen MR) is 67.3 cm³/mol. The van der Waals surface area contributed by atoms with Gasteiger partial charge in [0.2, 0.25) is 0 Å². The van der Waals surface area contributed by atoms with E-state index in [1.807, 2.05) is 6.92 Å². The zero-order valence-corrected chi connectivity index (χ0v) is 10.7. The van der Waals surface area contributed by atoms with Crippen molar-refractivity contribution in [1.29, 1.82) is 5.41 Å². The molecule has 0 spiro atoms. The quantitative estimate of drug-likeness (QED) is 0.481. The van der Waals surface area contributed by atoms with Gasteiger partial charge in [0, 0.05) is 18.5 Å². The van der Waals surface area contributed by atoms with Gasteiger partial charge in [-0.1, -0.05) is 27.2 Å². The zero-order chi connectivity index (χ0) is 11.8. The Bertz CT molecular complexity index is 180. The highest BCUT2D eigenvalue weighted by molar-refractivity contribution is 5.79. The maximum Gasteiger partial charge on any atom is 0.0947 e. The number of rotatable bonds is 8. The third-order valence-corrected chi connectivity index (χ3v) is 3.05. The normalized spacial score (nSPS) is 15.3. The van der Waals surface area contributed by atoms with Gasteiger partial charge in [-0.05, 0) is 26.3 Å². The van der Waals surface area contributed by atoms with Crippen molar-refractivity contribution in [3.63, 3.8) is 0 Å². The summed E-state index contributed by atoms with van der Waals surface area (Å²) in [5.41, 5.74) is 5.51. The van der Waals surface area contributed by atoms with Crippen LogP contribution in [0.3, 0.4) is 0 Å². The van der Waals surface area contributed by atoms with Crippen LogP contribution in [0.4, 0.5) is 0 Å². The molecule has 0 saturated heterocycles. The van der Waals surface area contributed by atoms with Crippen LogP contribution in [0.15, 0.2) is 0 Å². The van der Waals surface area contributed by atoms with Crippen LogP contribution in [0, 0.1) is 11.3 Å². The lowest BCUT2D eigenvalue weighted by Gasteiger charge is -2.30. The summed E-state index contributed by atoms with van der Waals surface area (Å²) in [4.78, 5) is 2.45. The smallest absolute Gasteiger partial charge is 0.0947 e. The Hall–Kier alpha value is -0.570. The molecule has 0 aliphatic heterocycles. The largest absolute Gasteiger partial charge is 0.387 e. The minimum absolute atomic E-state index is 0.177. The average molecular weight is 213 g/mol. The molecule has 0 aliphatic rings. The second-order valence-corrected chi connectivity index (χ2v) is 4.46. The van der Waals surface area contributed by atoms with Crippen LogP contribution in [-0.4, -0.2) is 29.9 Å². The van der Waals surface area contributed by atoms with Crippen LogP contribution < -0.4 is 5.73 Å². The molecule has 3 nitrogen and oxygen atoms in total. The fourth-order valence-electron chi connectivity index (χ4n) is 1.56. The van der Waals surface area contributed by atoms with Gasteiger partial charge in [0.15, 0.2) is 0 Å². The van der Waals surface area contributed by atoms with E-state index < -0.39 is 0 Å². The van der Waals surface area contributed by atoms with E-state index in [-0.39, 0.29) is 5.92 Å². The first kappa shape index (κ1) is 14.4. The number of amidine groups is 1. The van der Waals surface area contributed by atoms with E-state index >= 15 is 0 Å². The molecule has 90 valence electrons. The summed E-state index contributed by atoms with van der Waals surface area (Å²) in [6.45, 7) is 10.8. The molecule has 0 aliphatic carbocycles. The third-order valence-electron chi connectivity index (χ3n) is 3.05. The fourth-order valence-corrected chi connectivity index (χ4v) is 1.56. The van der Waals surface area contributed by atoms with Crippen molar-refractivity contribution in [2.75, 3.05) is 13.1 Å². The SMILES string of the molecule is CCCCN(CC(C)C(=N)N)C(C)CC. The van der Waals surface area contributed by atoms with Crippen LogP contribution in [0.1, 0.15) is 47.0 Å². The Morgan fingerprint density at radius 3 is 2.33 bits per heavy atom. The van der Waals surface area contributed by atoms with Crippen LogP contribution in [0.2, 0.25) is 0 Å². The minimum Gasteiger partial charge on any atom is -0.387 e. The van der Waals surface area contributed by atoms with Gasteiger partial charge in [-0.15, -0.1) is 0 Å². The monoisotopic (exact) mass is 213 g/mol. The third kappa shape index (κ3) is 5.78. The van der Waals surface area contributed by atoms with Gasteiger partial charge in [0.1, 0.15) is 0 Å². The molecule has 3 heteroatoms. The minimum atomic E-state index is 0.177. The zero-order valence-electron chi connectivity index (χ0n) is 10.7. The van der Waals surface area contributed by atoms with Gasteiger partial charge in [-0.3, -0.25) is 10.3 Å².